The number of thiazole rings is 1. The van der Waals surface area contributed by atoms with Crippen LogP contribution >= 0.6 is 11.3 Å². The average molecular weight is 291 g/mol. The van der Waals surface area contributed by atoms with Gasteiger partial charge in [0.1, 0.15) is 9.88 Å². The first-order valence-electron chi connectivity index (χ1n) is 6.51. The first-order chi connectivity index (χ1) is 9.00. The predicted molar refractivity (Wildman–Crippen MR) is 67.0 cm³/mol. The van der Waals surface area contributed by atoms with Gasteiger partial charge in [-0.1, -0.05) is 6.42 Å². The highest BCUT2D eigenvalue weighted by Gasteiger charge is 2.34. The van der Waals surface area contributed by atoms with Gasteiger partial charge in [0.15, 0.2) is 0 Å². The van der Waals surface area contributed by atoms with Crippen LogP contribution in [-0.4, -0.2) is 35.1 Å². The average Bonchev–Trinajstić information content (AvgIpc) is 2.76. The molecule has 3 nitrogen and oxygen atoms in total. The van der Waals surface area contributed by atoms with Gasteiger partial charge in [0.2, 0.25) is 0 Å². The molecule has 3 heterocycles. The Labute approximate surface area is 113 Å². The molecule has 3 rings (SSSR count). The van der Waals surface area contributed by atoms with E-state index in [1.165, 1.54) is 19.3 Å². The number of rotatable bonds is 2. The predicted octanol–water partition coefficient (Wildman–Crippen LogP) is 2.49. The van der Waals surface area contributed by atoms with E-state index in [2.05, 4.69) is 15.2 Å². The summed E-state index contributed by atoms with van der Waals surface area (Å²) in [7, 11) is 0. The molecule has 0 aromatic carbocycles. The maximum atomic E-state index is 12.5. The Bertz CT molecular complexity index is 434. The van der Waals surface area contributed by atoms with Gasteiger partial charge < -0.3 is 5.32 Å². The Morgan fingerprint density at radius 3 is 2.58 bits per heavy atom. The monoisotopic (exact) mass is 291 g/mol. The Balaban J connectivity index is 1.63. The number of aromatic nitrogens is 1. The lowest BCUT2D eigenvalue weighted by molar-refractivity contribution is -0.134. The van der Waals surface area contributed by atoms with E-state index in [0.717, 1.165) is 30.6 Å². The second-order valence-corrected chi connectivity index (χ2v) is 6.42. The molecular weight excluding hydrogens is 275 g/mol. The van der Waals surface area contributed by atoms with Crippen LogP contribution in [0.15, 0.2) is 6.20 Å². The van der Waals surface area contributed by atoms with Gasteiger partial charge in [-0.2, -0.15) is 13.2 Å². The zero-order valence-corrected chi connectivity index (χ0v) is 11.2. The van der Waals surface area contributed by atoms with Crippen LogP contribution < -0.4 is 5.32 Å². The Morgan fingerprint density at radius 2 is 2.00 bits per heavy atom. The topological polar surface area (TPSA) is 28.2 Å². The fourth-order valence-corrected chi connectivity index (χ4v) is 3.76. The van der Waals surface area contributed by atoms with Crippen molar-refractivity contribution in [1.29, 1.82) is 0 Å². The molecule has 2 fully saturated rings. The zero-order chi connectivity index (χ0) is 13.5. The summed E-state index contributed by atoms with van der Waals surface area (Å²) in [5.74, 6) is 0. The van der Waals surface area contributed by atoms with E-state index >= 15 is 0 Å². The highest BCUT2D eigenvalue weighted by atomic mass is 32.1. The molecule has 2 saturated heterocycles. The molecule has 1 aromatic heterocycles. The molecule has 2 atom stereocenters. The summed E-state index contributed by atoms with van der Waals surface area (Å²) in [5.41, 5.74) is 0. The van der Waals surface area contributed by atoms with Crippen molar-refractivity contribution in [3.8, 4) is 0 Å². The van der Waals surface area contributed by atoms with Crippen LogP contribution in [0.5, 0.6) is 0 Å². The summed E-state index contributed by atoms with van der Waals surface area (Å²) in [6.07, 6.45) is 0.266. The van der Waals surface area contributed by atoms with Crippen molar-refractivity contribution >= 4 is 11.3 Å². The molecule has 1 aromatic rings. The normalized spacial score (nSPS) is 28.6. The lowest BCUT2D eigenvalue weighted by atomic mass is 9.94. The van der Waals surface area contributed by atoms with Crippen molar-refractivity contribution in [2.24, 2.45) is 0 Å². The molecule has 7 heteroatoms. The minimum absolute atomic E-state index is 0.495. The third-order valence-electron chi connectivity index (χ3n) is 3.73. The molecule has 0 amide bonds. The van der Waals surface area contributed by atoms with E-state index in [1.807, 2.05) is 0 Å². The van der Waals surface area contributed by atoms with Crippen LogP contribution in [-0.2, 0) is 12.7 Å². The molecule has 0 saturated carbocycles. The van der Waals surface area contributed by atoms with Crippen LogP contribution in [0.2, 0.25) is 0 Å². The van der Waals surface area contributed by atoms with Gasteiger partial charge in [-0.05, 0) is 12.8 Å². The maximum Gasteiger partial charge on any atom is 0.427 e. The maximum absolute atomic E-state index is 12.5. The van der Waals surface area contributed by atoms with E-state index in [1.54, 1.807) is 0 Å². The van der Waals surface area contributed by atoms with E-state index in [9.17, 15) is 13.2 Å². The summed E-state index contributed by atoms with van der Waals surface area (Å²) in [5, 5.41) is 4.12. The van der Waals surface area contributed by atoms with E-state index in [4.69, 9.17) is 0 Å². The standard InChI is InChI=1S/C12H16F3N3S/c13-12(14,15)10-4-16-11(19-10)7-18-5-8-2-1-3-9(6-18)17-8/h4,8-9,17H,1-3,5-7H2. The number of hydrogen-bond donors (Lipinski definition) is 1. The second-order valence-electron chi connectivity index (χ2n) is 5.30. The fraction of sp³-hybridized carbons (Fsp3) is 0.750. The first kappa shape index (κ1) is 13.3. The van der Waals surface area contributed by atoms with Gasteiger partial charge in [0, 0.05) is 25.2 Å². The van der Waals surface area contributed by atoms with Crippen molar-refractivity contribution in [3.05, 3.63) is 16.1 Å². The molecule has 1 N–H and O–H groups in total. The molecule has 19 heavy (non-hydrogen) atoms. The third-order valence-corrected chi connectivity index (χ3v) is 4.75. The smallest absolute Gasteiger partial charge is 0.309 e. The van der Waals surface area contributed by atoms with Crippen LogP contribution in [0, 0.1) is 0 Å². The molecular formula is C12H16F3N3S. The summed E-state index contributed by atoms with van der Waals surface area (Å²) in [6, 6.07) is 0.990. The quantitative estimate of drug-likeness (QED) is 0.907. The van der Waals surface area contributed by atoms with Crippen molar-refractivity contribution in [3.63, 3.8) is 0 Å². The SMILES string of the molecule is FC(F)(F)c1cnc(CN2CC3CCCC(C2)N3)s1. The largest absolute Gasteiger partial charge is 0.427 e. The number of piperazine rings is 1. The van der Waals surface area contributed by atoms with Crippen molar-refractivity contribution < 1.29 is 13.2 Å². The van der Waals surface area contributed by atoms with Crippen molar-refractivity contribution in [1.82, 2.24) is 15.2 Å². The van der Waals surface area contributed by atoms with Crippen molar-refractivity contribution in [2.45, 2.75) is 44.1 Å². The van der Waals surface area contributed by atoms with Crippen molar-refractivity contribution in [2.75, 3.05) is 13.1 Å². The van der Waals surface area contributed by atoms with Gasteiger partial charge in [0.25, 0.3) is 0 Å². The summed E-state index contributed by atoms with van der Waals surface area (Å²) < 4.78 is 37.5. The van der Waals surface area contributed by atoms with E-state index in [0.29, 0.717) is 23.6 Å². The minimum atomic E-state index is -4.27. The Hall–Kier alpha value is -0.660. The fourth-order valence-electron chi connectivity index (χ4n) is 2.93. The van der Waals surface area contributed by atoms with E-state index in [-0.39, 0.29) is 0 Å². The van der Waals surface area contributed by atoms with Gasteiger partial charge in [-0.3, -0.25) is 4.90 Å². The van der Waals surface area contributed by atoms with Crippen LogP contribution in [0.4, 0.5) is 13.2 Å². The highest BCUT2D eigenvalue weighted by molar-refractivity contribution is 7.11. The van der Waals surface area contributed by atoms with Gasteiger partial charge >= 0.3 is 6.18 Å². The number of halogens is 3. The van der Waals surface area contributed by atoms with E-state index < -0.39 is 11.1 Å². The number of nitrogens with zero attached hydrogens (tertiary/aromatic N) is 2. The Morgan fingerprint density at radius 1 is 1.32 bits per heavy atom. The molecule has 106 valence electrons. The number of piperidine rings is 1. The second kappa shape index (κ2) is 5.03. The molecule has 2 aliphatic rings. The molecule has 0 aliphatic carbocycles. The number of likely N-dealkylation sites (tertiary alicyclic amines) is 1. The summed E-state index contributed by atoms with van der Waals surface area (Å²) >= 11 is 0.763. The van der Waals surface area contributed by atoms with Crippen LogP contribution in [0.3, 0.4) is 0 Å². The van der Waals surface area contributed by atoms with Crippen LogP contribution in [0.1, 0.15) is 29.1 Å². The van der Waals surface area contributed by atoms with Crippen LogP contribution in [0.25, 0.3) is 0 Å². The highest BCUT2D eigenvalue weighted by Crippen LogP contribution is 2.34. The lowest BCUT2D eigenvalue weighted by Gasteiger charge is -2.42. The number of alkyl halides is 3. The van der Waals surface area contributed by atoms with Gasteiger partial charge in [0.05, 0.1) is 12.7 Å². The molecule has 0 radical (unpaired) electrons. The summed E-state index contributed by atoms with van der Waals surface area (Å²) in [4.78, 5) is 5.53. The summed E-state index contributed by atoms with van der Waals surface area (Å²) in [6.45, 7) is 2.37. The number of fused-ring (bicyclic) bond motifs is 2. The molecule has 2 unspecified atom stereocenters. The number of nitrogens with one attached hydrogen (secondary N) is 1. The van der Waals surface area contributed by atoms with Gasteiger partial charge in [-0.15, -0.1) is 11.3 Å². The zero-order valence-electron chi connectivity index (χ0n) is 10.4. The molecule has 2 bridgehead atoms. The van der Waals surface area contributed by atoms with Gasteiger partial charge in [-0.25, -0.2) is 4.98 Å². The first-order valence-corrected chi connectivity index (χ1v) is 7.32. The molecule has 0 spiro atoms. The lowest BCUT2D eigenvalue weighted by Crippen LogP contribution is -2.58. The third kappa shape index (κ3) is 3.09. The number of hydrogen-bond acceptors (Lipinski definition) is 4. The molecule has 2 aliphatic heterocycles. The minimum Gasteiger partial charge on any atom is -0.309 e. The Kier molecular flexibility index (Phi) is 3.53.